The molecule has 1 aromatic rings. The molecule has 0 bridgehead atoms. The Bertz CT molecular complexity index is 687. The molecule has 4 nitrogen and oxygen atoms in total. The number of amides is 2. The first-order valence-corrected chi connectivity index (χ1v) is 8.61. The molecular formula is C17H18ClF3N2O2. The van der Waals surface area contributed by atoms with Crippen molar-refractivity contribution in [1.29, 1.82) is 0 Å². The van der Waals surface area contributed by atoms with E-state index >= 15 is 0 Å². The van der Waals surface area contributed by atoms with Gasteiger partial charge in [0.05, 0.1) is 22.2 Å². The maximum Gasteiger partial charge on any atom is 0.416 e. The van der Waals surface area contributed by atoms with Crippen molar-refractivity contribution in [2.45, 2.75) is 31.9 Å². The lowest BCUT2D eigenvalue weighted by Gasteiger charge is -2.29. The standard InChI is InChI=1S/C17H18ClF3N2O2/c18-13-5-4-12(17(19,20)21)9-14(13)23-10-11(8-15(23)24)16(25)22-6-2-1-3-7-22/h4-5,9,11H,1-3,6-8,10H2. The zero-order valence-electron chi connectivity index (χ0n) is 13.5. The highest BCUT2D eigenvalue weighted by molar-refractivity contribution is 6.34. The van der Waals surface area contributed by atoms with Crippen molar-refractivity contribution in [2.75, 3.05) is 24.5 Å². The number of anilines is 1. The molecule has 2 saturated heterocycles. The third-order valence-corrected chi connectivity index (χ3v) is 5.03. The number of alkyl halides is 3. The minimum atomic E-state index is -4.52. The van der Waals surface area contributed by atoms with Crippen LogP contribution in [0.1, 0.15) is 31.2 Å². The summed E-state index contributed by atoms with van der Waals surface area (Å²) in [7, 11) is 0. The number of hydrogen-bond acceptors (Lipinski definition) is 2. The normalized spacial score (nSPS) is 21.8. The summed E-state index contributed by atoms with van der Waals surface area (Å²) in [6.45, 7) is 1.41. The van der Waals surface area contributed by atoms with Gasteiger partial charge in [0.1, 0.15) is 0 Å². The third kappa shape index (κ3) is 3.76. The zero-order valence-corrected chi connectivity index (χ0v) is 14.2. The minimum absolute atomic E-state index is 0.00189. The van der Waals surface area contributed by atoms with Crippen LogP contribution in [0.5, 0.6) is 0 Å². The van der Waals surface area contributed by atoms with Gasteiger partial charge in [0, 0.05) is 26.1 Å². The summed E-state index contributed by atoms with van der Waals surface area (Å²) in [5.74, 6) is -1.01. The molecule has 1 unspecified atom stereocenters. The fourth-order valence-electron chi connectivity index (χ4n) is 3.37. The van der Waals surface area contributed by atoms with Crippen LogP contribution in [-0.4, -0.2) is 36.3 Å². The lowest BCUT2D eigenvalue weighted by Crippen LogP contribution is -2.40. The molecule has 0 aromatic heterocycles. The van der Waals surface area contributed by atoms with Crippen LogP contribution in [0, 0.1) is 5.92 Å². The Morgan fingerprint density at radius 3 is 2.48 bits per heavy atom. The largest absolute Gasteiger partial charge is 0.416 e. The second kappa shape index (κ2) is 6.86. The molecule has 3 rings (SSSR count). The van der Waals surface area contributed by atoms with Crippen molar-refractivity contribution in [3.8, 4) is 0 Å². The maximum atomic E-state index is 12.9. The first kappa shape index (κ1) is 18.0. The number of benzene rings is 1. The van der Waals surface area contributed by atoms with Crippen LogP contribution in [0.15, 0.2) is 18.2 Å². The van der Waals surface area contributed by atoms with Crippen LogP contribution in [0.4, 0.5) is 18.9 Å². The quantitative estimate of drug-likeness (QED) is 0.791. The Labute approximate surface area is 148 Å². The van der Waals surface area contributed by atoms with E-state index in [9.17, 15) is 22.8 Å². The van der Waals surface area contributed by atoms with Crippen LogP contribution in [0.25, 0.3) is 0 Å². The minimum Gasteiger partial charge on any atom is -0.342 e. The van der Waals surface area contributed by atoms with E-state index in [1.165, 1.54) is 4.90 Å². The van der Waals surface area contributed by atoms with Crippen molar-refractivity contribution < 1.29 is 22.8 Å². The fraction of sp³-hybridized carbons (Fsp3) is 0.529. The van der Waals surface area contributed by atoms with E-state index in [0.717, 1.165) is 37.5 Å². The van der Waals surface area contributed by atoms with Gasteiger partial charge in [0.15, 0.2) is 0 Å². The summed E-state index contributed by atoms with van der Waals surface area (Å²) in [6, 6.07) is 2.88. The Balaban J connectivity index is 1.80. The topological polar surface area (TPSA) is 40.6 Å². The van der Waals surface area contributed by atoms with Crippen molar-refractivity contribution in [3.05, 3.63) is 28.8 Å². The smallest absolute Gasteiger partial charge is 0.342 e. The Morgan fingerprint density at radius 2 is 1.84 bits per heavy atom. The van der Waals surface area contributed by atoms with Crippen molar-refractivity contribution >= 4 is 29.1 Å². The van der Waals surface area contributed by atoms with Crippen molar-refractivity contribution in [2.24, 2.45) is 5.92 Å². The molecule has 0 aliphatic carbocycles. The number of halogens is 4. The van der Waals surface area contributed by atoms with Crippen molar-refractivity contribution in [3.63, 3.8) is 0 Å². The Kier molecular flexibility index (Phi) is 4.95. The van der Waals surface area contributed by atoms with Gasteiger partial charge in [0.25, 0.3) is 0 Å². The van der Waals surface area contributed by atoms with Gasteiger partial charge < -0.3 is 9.80 Å². The predicted molar refractivity (Wildman–Crippen MR) is 87.3 cm³/mol. The van der Waals surface area contributed by atoms with Crippen LogP contribution in [0.2, 0.25) is 5.02 Å². The van der Waals surface area contributed by atoms with Gasteiger partial charge in [-0.15, -0.1) is 0 Å². The lowest BCUT2D eigenvalue weighted by molar-refractivity contribution is -0.137. The van der Waals surface area contributed by atoms with E-state index in [1.54, 1.807) is 4.90 Å². The highest BCUT2D eigenvalue weighted by Crippen LogP contribution is 2.37. The number of hydrogen-bond donors (Lipinski definition) is 0. The van der Waals surface area contributed by atoms with Crippen LogP contribution in [-0.2, 0) is 15.8 Å². The average molecular weight is 375 g/mol. The van der Waals surface area contributed by atoms with Gasteiger partial charge >= 0.3 is 6.18 Å². The van der Waals surface area contributed by atoms with E-state index in [4.69, 9.17) is 11.6 Å². The molecule has 1 aromatic carbocycles. The molecule has 25 heavy (non-hydrogen) atoms. The van der Waals surface area contributed by atoms with Gasteiger partial charge in [0.2, 0.25) is 11.8 Å². The molecule has 2 aliphatic rings. The van der Waals surface area contributed by atoms with E-state index in [-0.39, 0.29) is 35.5 Å². The molecule has 2 fully saturated rings. The zero-order chi connectivity index (χ0) is 18.2. The van der Waals surface area contributed by atoms with Gasteiger partial charge in [-0.05, 0) is 37.5 Å². The van der Waals surface area contributed by atoms with Crippen molar-refractivity contribution in [1.82, 2.24) is 4.90 Å². The molecule has 1 atom stereocenters. The highest BCUT2D eigenvalue weighted by Gasteiger charge is 2.39. The molecular weight excluding hydrogens is 357 g/mol. The number of carbonyl (C=O) groups is 2. The highest BCUT2D eigenvalue weighted by atomic mass is 35.5. The maximum absolute atomic E-state index is 12.9. The number of nitrogens with zero attached hydrogens (tertiary/aromatic N) is 2. The number of piperidine rings is 1. The second-order valence-electron chi connectivity index (χ2n) is 6.46. The molecule has 2 amide bonds. The summed E-state index contributed by atoms with van der Waals surface area (Å²) in [4.78, 5) is 27.8. The van der Waals surface area contributed by atoms with E-state index in [2.05, 4.69) is 0 Å². The molecule has 8 heteroatoms. The third-order valence-electron chi connectivity index (χ3n) is 4.71. The number of likely N-dealkylation sites (tertiary alicyclic amines) is 1. The van der Waals surface area contributed by atoms with Gasteiger partial charge in [-0.1, -0.05) is 11.6 Å². The lowest BCUT2D eigenvalue weighted by atomic mass is 10.0. The summed E-state index contributed by atoms with van der Waals surface area (Å²) in [6.07, 6.45) is -1.56. The van der Waals surface area contributed by atoms with Crippen LogP contribution >= 0.6 is 11.6 Å². The molecule has 0 spiro atoms. The summed E-state index contributed by atoms with van der Waals surface area (Å²) in [5, 5.41) is 0.0624. The van der Waals surface area contributed by atoms with Crippen LogP contribution < -0.4 is 4.90 Å². The second-order valence-corrected chi connectivity index (χ2v) is 6.86. The van der Waals surface area contributed by atoms with Gasteiger partial charge in [-0.25, -0.2) is 0 Å². The van der Waals surface area contributed by atoms with E-state index < -0.39 is 17.7 Å². The van der Waals surface area contributed by atoms with Gasteiger partial charge in [-0.3, -0.25) is 9.59 Å². The summed E-state index contributed by atoms with van der Waals surface area (Å²) >= 11 is 6.01. The first-order chi connectivity index (χ1) is 11.8. The first-order valence-electron chi connectivity index (χ1n) is 8.23. The molecule has 0 saturated carbocycles. The Hall–Kier alpha value is -1.76. The Morgan fingerprint density at radius 1 is 1.16 bits per heavy atom. The summed E-state index contributed by atoms with van der Waals surface area (Å²) in [5.41, 5.74) is -0.860. The molecule has 2 aliphatic heterocycles. The average Bonchev–Trinajstić information content (AvgIpc) is 2.96. The fourth-order valence-corrected chi connectivity index (χ4v) is 3.59. The summed E-state index contributed by atoms with van der Waals surface area (Å²) < 4.78 is 38.8. The van der Waals surface area contributed by atoms with E-state index in [1.807, 2.05) is 0 Å². The predicted octanol–water partition coefficient (Wildman–Crippen LogP) is 3.72. The van der Waals surface area contributed by atoms with Crippen LogP contribution in [0.3, 0.4) is 0 Å². The number of carbonyl (C=O) groups excluding carboxylic acids is 2. The van der Waals surface area contributed by atoms with Gasteiger partial charge in [-0.2, -0.15) is 13.2 Å². The molecule has 0 radical (unpaired) electrons. The van der Waals surface area contributed by atoms with E-state index in [0.29, 0.717) is 13.1 Å². The molecule has 2 heterocycles. The monoisotopic (exact) mass is 374 g/mol. The molecule has 0 N–H and O–H groups in total. The number of rotatable bonds is 2. The molecule has 136 valence electrons. The SMILES string of the molecule is O=C(C1CC(=O)N(c2cc(C(F)(F)F)ccc2Cl)C1)N1CCCCC1.